The Morgan fingerprint density at radius 3 is 2.69 bits per heavy atom. The van der Waals surface area contributed by atoms with Gasteiger partial charge in [0.05, 0.1) is 8.81 Å². The number of aliphatic hydroxyl groups excluding tert-OH is 1. The topological polar surface area (TPSA) is 33.4 Å². The fraction of sp³-hybridized carbons (Fsp3) is 0.200. The summed E-state index contributed by atoms with van der Waals surface area (Å²) >= 11 is 13.8. The van der Waals surface area contributed by atoms with E-state index in [1.165, 1.54) is 11.3 Å². The van der Waals surface area contributed by atoms with E-state index >= 15 is 0 Å². The summed E-state index contributed by atoms with van der Waals surface area (Å²) in [5.41, 5.74) is 0. The van der Waals surface area contributed by atoms with Crippen molar-refractivity contribution < 1.29 is 9.52 Å². The fourth-order valence-electron chi connectivity index (χ4n) is 1.28. The van der Waals surface area contributed by atoms with Gasteiger partial charge in [0, 0.05) is 11.3 Å². The summed E-state index contributed by atoms with van der Waals surface area (Å²) in [5, 5.41) is 9.95. The Bertz CT molecular complexity index is 475. The van der Waals surface area contributed by atoms with Gasteiger partial charge in [-0.05, 0) is 50.1 Å². The number of thiophene rings is 1. The molecule has 1 N–H and O–H groups in total. The van der Waals surface area contributed by atoms with E-state index in [0.29, 0.717) is 16.9 Å². The van der Waals surface area contributed by atoms with Gasteiger partial charge < -0.3 is 9.52 Å². The van der Waals surface area contributed by atoms with Crippen LogP contribution in [0, 0.1) is 0 Å². The summed E-state index contributed by atoms with van der Waals surface area (Å²) in [5.74, 6) is 0.531. The lowest BCUT2D eigenvalue weighted by atomic mass is 10.2. The number of hydrogen-bond acceptors (Lipinski definition) is 3. The normalized spacial score (nSPS) is 13.0. The molecule has 0 aliphatic rings. The second-order valence-electron chi connectivity index (χ2n) is 3.20. The number of hydrogen-bond donors (Lipinski definition) is 1. The smallest absolute Gasteiger partial charge is 0.183 e. The molecule has 86 valence electrons. The second kappa shape index (κ2) is 5.23. The van der Waals surface area contributed by atoms with Crippen molar-refractivity contribution in [2.24, 2.45) is 0 Å². The van der Waals surface area contributed by atoms with Crippen LogP contribution in [-0.2, 0) is 6.42 Å². The Balaban J connectivity index is 2.11. The first kappa shape index (κ1) is 12.6. The molecule has 1 atom stereocenters. The average Bonchev–Trinajstić information content (AvgIpc) is 2.75. The van der Waals surface area contributed by atoms with E-state index in [9.17, 15) is 5.11 Å². The predicted octanol–water partition coefficient (Wildman–Crippen LogP) is 4.80. The quantitative estimate of drug-likeness (QED) is 0.822. The monoisotopic (exact) mass is 384 g/mol. The van der Waals surface area contributed by atoms with Crippen LogP contribution in [0.3, 0.4) is 0 Å². The van der Waals surface area contributed by atoms with Gasteiger partial charge in [0.25, 0.3) is 0 Å². The zero-order valence-corrected chi connectivity index (χ0v) is 12.7. The van der Waals surface area contributed by atoms with Crippen molar-refractivity contribution in [3.05, 3.63) is 42.3 Å². The van der Waals surface area contributed by atoms with Crippen molar-refractivity contribution in [1.29, 1.82) is 0 Å². The molecule has 0 saturated heterocycles. The molecule has 0 amide bonds. The van der Waals surface area contributed by atoms with Crippen LogP contribution in [0.1, 0.15) is 16.7 Å². The van der Waals surface area contributed by atoms with Crippen LogP contribution in [0.4, 0.5) is 0 Å². The van der Waals surface area contributed by atoms with E-state index in [1.807, 2.05) is 12.1 Å². The lowest BCUT2D eigenvalue weighted by Gasteiger charge is -2.04. The van der Waals surface area contributed by atoms with Gasteiger partial charge in [-0.3, -0.25) is 0 Å². The van der Waals surface area contributed by atoms with Crippen molar-refractivity contribution in [1.82, 2.24) is 0 Å². The summed E-state index contributed by atoms with van der Waals surface area (Å²) in [6.07, 6.45) is -0.152. The lowest BCUT2D eigenvalue weighted by molar-refractivity contribution is 0.149. The number of aliphatic hydroxyl groups is 1. The first-order valence-corrected chi connectivity index (χ1v) is 7.21. The number of rotatable bonds is 3. The van der Waals surface area contributed by atoms with Gasteiger partial charge in [-0.2, -0.15) is 0 Å². The molecule has 0 radical (unpaired) electrons. The summed E-state index contributed by atoms with van der Waals surface area (Å²) in [6, 6.07) is 5.48. The molecule has 2 nitrogen and oxygen atoms in total. The molecule has 0 spiro atoms. The average molecular weight is 386 g/mol. The molecule has 0 aliphatic heterocycles. The SMILES string of the molecule is OC(Cc1ccc(Cl)s1)c1cc(Br)c(Br)o1. The third-order valence-electron chi connectivity index (χ3n) is 2.02. The highest BCUT2D eigenvalue weighted by atomic mass is 79.9. The van der Waals surface area contributed by atoms with Crippen LogP contribution in [0.15, 0.2) is 31.8 Å². The Hall–Kier alpha value is 0.190. The van der Waals surface area contributed by atoms with E-state index in [0.717, 1.165) is 13.7 Å². The van der Waals surface area contributed by atoms with E-state index in [-0.39, 0.29) is 0 Å². The van der Waals surface area contributed by atoms with E-state index in [1.54, 1.807) is 6.07 Å². The largest absolute Gasteiger partial charge is 0.450 e. The van der Waals surface area contributed by atoms with Gasteiger partial charge in [-0.25, -0.2) is 0 Å². The molecule has 0 aromatic carbocycles. The third-order valence-corrected chi connectivity index (χ3v) is 4.98. The molecule has 1 unspecified atom stereocenters. The lowest BCUT2D eigenvalue weighted by Crippen LogP contribution is -1.98. The molecule has 2 rings (SSSR count). The highest BCUT2D eigenvalue weighted by Gasteiger charge is 2.16. The van der Waals surface area contributed by atoms with Gasteiger partial charge in [0.15, 0.2) is 4.67 Å². The summed E-state index contributed by atoms with van der Waals surface area (Å²) in [7, 11) is 0. The second-order valence-corrected chi connectivity index (χ2v) is 6.57. The Morgan fingerprint density at radius 2 is 2.19 bits per heavy atom. The maximum atomic E-state index is 9.95. The maximum absolute atomic E-state index is 9.95. The molecule has 2 aromatic rings. The molecule has 0 saturated carbocycles. The predicted molar refractivity (Wildman–Crippen MR) is 72.1 cm³/mol. The Kier molecular flexibility index (Phi) is 4.13. The van der Waals surface area contributed by atoms with Crippen molar-refractivity contribution in [2.75, 3.05) is 0 Å². The summed E-state index contributed by atoms with van der Waals surface area (Å²) in [6.45, 7) is 0. The van der Waals surface area contributed by atoms with E-state index in [2.05, 4.69) is 31.9 Å². The van der Waals surface area contributed by atoms with Crippen LogP contribution >= 0.6 is 54.8 Å². The molecule has 2 heterocycles. The molecular weight excluding hydrogens is 379 g/mol. The molecule has 6 heteroatoms. The van der Waals surface area contributed by atoms with Crippen molar-refractivity contribution >= 4 is 54.8 Å². The van der Waals surface area contributed by atoms with Crippen LogP contribution in [0.25, 0.3) is 0 Å². The van der Waals surface area contributed by atoms with Gasteiger partial charge in [-0.1, -0.05) is 11.6 Å². The number of halogens is 3. The minimum Gasteiger partial charge on any atom is -0.450 e. The van der Waals surface area contributed by atoms with Crippen LogP contribution in [0.5, 0.6) is 0 Å². The maximum Gasteiger partial charge on any atom is 0.183 e. The minimum atomic E-state index is -0.655. The van der Waals surface area contributed by atoms with Crippen molar-refractivity contribution in [3.8, 4) is 0 Å². The molecule has 16 heavy (non-hydrogen) atoms. The van der Waals surface area contributed by atoms with Gasteiger partial charge in [0.2, 0.25) is 0 Å². The molecule has 2 aromatic heterocycles. The first-order valence-electron chi connectivity index (χ1n) is 4.43. The van der Waals surface area contributed by atoms with E-state index < -0.39 is 6.10 Å². The zero-order chi connectivity index (χ0) is 11.7. The number of furan rings is 1. The highest BCUT2D eigenvalue weighted by molar-refractivity contribution is 9.13. The van der Waals surface area contributed by atoms with Gasteiger partial charge >= 0.3 is 0 Å². The van der Waals surface area contributed by atoms with Gasteiger partial charge in [-0.15, -0.1) is 11.3 Å². The standard InChI is InChI=1S/C10H7Br2ClO2S/c11-6-4-8(15-10(6)12)7(14)3-5-1-2-9(13)16-5/h1-2,4,7,14H,3H2. The Morgan fingerprint density at radius 1 is 1.44 bits per heavy atom. The van der Waals surface area contributed by atoms with Gasteiger partial charge in [0.1, 0.15) is 11.9 Å². The minimum absolute atomic E-state index is 0.504. The summed E-state index contributed by atoms with van der Waals surface area (Å²) in [4.78, 5) is 1.03. The first-order chi connectivity index (χ1) is 7.56. The Labute approximate surface area is 118 Å². The van der Waals surface area contributed by atoms with Crippen molar-refractivity contribution in [3.63, 3.8) is 0 Å². The molecule has 0 aliphatic carbocycles. The fourth-order valence-corrected chi connectivity index (χ4v) is 3.01. The van der Waals surface area contributed by atoms with Crippen LogP contribution in [-0.4, -0.2) is 5.11 Å². The van der Waals surface area contributed by atoms with Crippen molar-refractivity contribution in [2.45, 2.75) is 12.5 Å². The highest BCUT2D eigenvalue weighted by Crippen LogP contribution is 2.32. The third kappa shape index (κ3) is 2.90. The zero-order valence-electron chi connectivity index (χ0n) is 7.91. The summed E-state index contributed by atoms with van der Waals surface area (Å²) < 4.78 is 7.46. The van der Waals surface area contributed by atoms with E-state index in [4.69, 9.17) is 16.0 Å². The molecule has 0 fully saturated rings. The van der Waals surface area contributed by atoms with Crippen LogP contribution in [0.2, 0.25) is 4.34 Å². The van der Waals surface area contributed by atoms with Crippen LogP contribution < -0.4 is 0 Å². The molecule has 0 bridgehead atoms. The molecular formula is C10H7Br2ClO2S.